The van der Waals surface area contributed by atoms with E-state index in [0.29, 0.717) is 40.4 Å². The summed E-state index contributed by atoms with van der Waals surface area (Å²) in [6.45, 7) is 0. The molecule has 3 N–H and O–H groups in total. The molecule has 0 saturated heterocycles. The van der Waals surface area contributed by atoms with Crippen molar-refractivity contribution in [2.75, 3.05) is 5.32 Å². The normalized spacial score (nSPS) is 21.0. The smallest absolute Gasteiger partial charge is 0.310 e. The Bertz CT molecular complexity index is 1050. The molecule has 162 valence electrons. The van der Waals surface area contributed by atoms with Crippen molar-refractivity contribution in [1.29, 1.82) is 0 Å². The van der Waals surface area contributed by atoms with E-state index >= 15 is 0 Å². The molecule has 3 aromatic rings. The predicted molar refractivity (Wildman–Crippen MR) is 124 cm³/mol. The first-order chi connectivity index (χ1) is 14.9. The lowest BCUT2D eigenvalue weighted by Crippen LogP contribution is -2.38. The Morgan fingerprint density at radius 2 is 1.97 bits per heavy atom. The highest BCUT2D eigenvalue weighted by Crippen LogP contribution is 2.46. The van der Waals surface area contributed by atoms with Crippen molar-refractivity contribution in [3.05, 3.63) is 64.4 Å². The number of H-pyrrole nitrogens is 1. The third-order valence-corrected chi connectivity index (χ3v) is 7.97. The van der Waals surface area contributed by atoms with Gasteiger partial charge in [0.05, 0.1) is 21.7 Å². The molecular weight excluding hydrogens is 455 g/mol. The number of aromatic amines is 1. The summed E-state index contributed by atoms with van der Waals surface area (Å²) in [7, 11) is 0. The van der Waals surface area contributed by atoms with Gasteiger partial charge in [0.15, 0.2) is 0 Å². The van der Waals surface area contributed by atoms with Gasteiger partial charge >= 0.3 is 5.97 Å². The number of nitrogens with one attached hydrogen (secondary N) is 2. The number of hydrogen-bond acceptors (Lipinski definition) is 5. The number of halogens is 2. The zero-order valence-corrected chi connectivity index (χ0v) is 19.0. The van der Waals surface area contributed by atoms with E-state index in [1.54, 1.807) is 30.1 Å². The van der Waals surface area contributed by atoms with Gasteiger partial charge in [-0.05, 0) is 49.9 Å². The number of hydrogen-bond donors (Lipinski definition) is 3. The molecule has 4 rings (SSSR count). The Morgan fingerprint density at radius 1 is 1.19 bits per heavy atom. The highest BCUT2D eigenvalue weighted by molar-refractivity contribution is 8.00. The van der Waals surface area contributed by atoms with E-state index in [-0.39, 0.29) is 0 Å². The molecule has 0 atom stereocenters. The number of carboxylic acids is 1. The van der Waals surface area contributed by atoms with Gasteiger partial charge < -0.3 is 10.4 Å². The molecule has 0 amide bonds. The SMILES string of the molecule is O=C(O)C1(Cc2cccc(Nc3ccn[nH]3)n2)CCC(Sc2cccc(Cl)c2Cl)CC1. The fraction of sp³-hybridized carbons (Fsp3) is 0.318. The van der Waals surface area contributed by atoms with Gasteiger partial charge in [0, 0.05) is 28.3 Å². The van der Waals surface area contributed by atoms with E-state index in [1.807, 2.05) is 30.3 Å². The fourth-order valence-electron chi connectivity index (χ4n) is 3.94. The molecule has 0 bridgehead atoms. The van der Waals surface area contributed by atoms with Crippen LogP contribution in [-0.4, -0.2) is 31.5 Å². The Kier molecular flexibility index (Phi) is 6.74. The average molecular weight is 477 g/mol. The van der Waals surface area contributed by atoms with Crippen LogP contribution in [-0.2, 0) is 11.2 Å². The zero-order chi connectivity index (χ0) is 21.8. The van der Waals surface area contributed by atoms with Crippen molar-refractivity contribution in [2.45, 2.75) is 42.2 Å². The van der Waals surface area contributed by atoms with Gasteiger partial charge in [-0.1, -0.05) is 35.3 Å². The first-order valence-corrected chi connectivity index (χ1v) is 11.7. The molecule has 0 unspecified atom stereocenters. The highest BCUT2D eigenvalue weighted by Gasteiger charge is 2.42. The third-order valence-electron chi connectivity index (χ3n) is 5.64. The minimum Gasteiger partial charge on any atom is -0.481 e. The lowest BCUT2D eigenvalue weighted by atomic mass is 9.71. The Labute approximate surface area is 194 Å². The number of thioether (sulfide) groups is 1. The zero-order valence-electron chi connectivity index (χ0n) is 16.6. The summed E-state index contributed by atoms with van der Waals surface area (Å²) in [6.07, 6.45) is 4.84. The minimum absolute atomic E-state index is 0.310. The van der Waals surface area contributed by atoms with Crippen LogP contribution in [0.2, 0.25) is 10.0 Å². The Hall–Kier alpha value is -2.22. The molecule has 1 fully saturated rings. The van der Waals surface area contributed by atoms with E-state index < -0.39 is 11.4 Å². The summed E-state index contributed by atoms with van der Waals surface area (Å²) in [6, 6.07) is 13.0. The largest absolute Gasteiger partial charge is 0.481 e. The second-order valence-electron chi connectivity index (χ2n) is 7.74. The number of carboxylic acid groups (broad SMARTS) is 1. The summed E-state index contributed by atoms with van der Waals surface area (Å²) in [5.41, 5.74) is -0.0506. The number of benzene rings is 1. The molecule has 1 aliphatic rings. The van der Waals surface area contributed by atoms with Crippen LogP contribution < -0.4 is 5.32 Å². The van der Waals surface area contributed by atoms with Crippen LogP contribution in [0.15, 0.2) is 53.6 Å². The second kappa shape index (κ2) is 9.51. The topological polar surface area (TPSA) is 90.9 Å². The molecule has 0 radical (unpaired) electrons. The summed E-state index contributed by atoms with van der Waals surface area (Å²) < 4.78 is 0. The highest BCUT2D eigenvalue weighted by atomic mass is 35.5. The van der Waals surface area contributed by atoms with Crippen molar-refractivity contribution < 1.29 is 9.90 Å². The molecule has 1 aromatic carbocycles. The number of rotatable bonds is 7. The van der Waals surface area contributed by atoms with E-state index in [9.17, 15) is 9.90 Å². The number of pyridine rings is 1. The van der Waals surface area contributed by atoms with Crippen molar-refractivity contribution in [2.24, 2.45) is 5.41 Å². The van der Waals surface area contributed by atoms with Gasteiger partial charge in [0.1, 0.15) is 11.6 Å². The number of carbonyl (C=O) groups is 1. The first-order valence-electron chi connectivity index (χ1n) is 10.0. The van der Waals surface area contributed by atoms with E-state index in [4.69, 9.17) is 23.2 Å². The minimum atomic E-state index is -0.811. The third kappa shape index (κ3) is 5.17. The van der Waals surface area contributed by atoms with Crippen molar-refractivity contribution in [3.8, 4) is 0 Å². The molecule has 0 spiro atoms. The number of aliphatic carboxylic acids is 1. The van der Waals surface area contributed by atoms with Crippen LogP contribution in [0.25, 0.3) is 0 Å². The number of aromatic nitrogens is 3. The maximum atomic E-state index is 12.3. The van der Waals surface area contributed by atoms with Gasteiger partial charge in [0.2, 0.25) is 0 Å². The average Bonchev–Trinajstić information content (AvgIpc) is 3.26. The molecule has 6 nitrogen and oxygen atoms in total. The maximum absolute atomic E-state index is 12.3. The summed E-state index contributed by atoms with van der Waals surface area (Å²) in [5.74, 6) is 0.627. The van der Waals surface area contributed by atoms with Gasteiger partial charge in [-0.3, -0.25) is 9.89 Å². The molecule has 2 aromatic heterocycles. The molecule has 2 heterocycles. The lowest BCUT2D eigenvalue weighted by Gasteiger charge is -2.36. The van der Waals surface area contributed by atoms with Gasteiger partial charge in [0.25, 0.3) is 0 Å². The van der Waals surface area contributed by atoms with Gasteiger partial charge in [-0.25, -0.2) is 4.98 Å². The molecule has 1 aliphatic carbocycles. The van der Waals surface area contributed by atoms with Gasteiger partial charge in [-0.2, -0.15) is 5.10 Å². The monoisotopic (exact) mass is 476 g/mol. The van der Waals surface area contributed by atoms with Crippen LogP contribution in [0, 0.1) is 5.41 Å². The molecule has 31 heavy (non-hydrogen) atoms. The lowest BCUT2D eigenvalue weighted by molar-refractivity contribution is -0.151. The van der Waals surface area contributed by atoms with Crippen molar-refractivity contribution in [1.82, 2.24) is 15.2 Å². The molecule has 0 aliphatic heterocycles. The van der Waals surface area contributed by atoms with Crippen LogP contribution in [0.4, 0.5) is 11.6 Å². The maximum Gasteiger partial charge on any atom is 0.310 e. The van der Waals surface area contributed by atoms with E-state index in [0.717, 1.165) is 29.2 Å². The van der Waals surface area contributed by atoms with Crippen LogP contribution in [0.5, 0.6) is 0 Å². The first kappa shape index (κ1) is 22.0. The van der Waals surface area contributed by atoms with Gasteiger partial charge in [-0.15, -0.1) is 11.8 Å². The van der Waals surface area contributed by atoms with E-state index in [2.05, 4.69) is 20.5 Å². The number of anilines is 2. The summed E-state index contributed by atoms with van der Waals surface area (Å²) in [4.78, 5) is 17.8. The van der Waals surface area contributed by atoms with Crippen LogP contribution >= 0.6 is 35.0 Å². The second-order valence-corrected chi connectivity index (χ2v) is 9.87. The Morgan fingerprint density at radius 3 is 2.68 bits per heavy atom. The summed E-state index contributed by atoms with van der Waals surface area (Å²) >= 11 is 14.1. The fourth-order valence-corrected chi connectivity index (χ4v) is 5.63. The van der Waals surface area contributed by atoms with Crippen LogP contribution in [0.1, 0.15) is 31.4 Å². The predicted octanol–water partition coefficient (Wildman–Crippen LogP) is 6.20. The molecular formula is C22H22Cl2N4O2S. The standard InChI is InChI=1S/C22H22Cl2N4O2S/c23-16-4-2-5-17(20(16)24)31-15-7-10-22(11-8-15,21(29)30)13-14-3-1-6-18(26-14)27-19-9-12-25-28-19/h1-6,9,12,15H,7-8,10-11,13H2,(H,29,30)(H2,25,26,27,28). The number of nitrogens with zero attached hydrogens (tertiary/aromatic N) is 2. The van der Waals surface area contributed by atoms with Crippen molar-refractivity contribution in [3.63, 3.8) is 0 Å². The quantitative estimate of drug-likeness (QED) is 0.375. The molecule has 9 heteroatoms. The van der Waals surface area contributed by atoms with E-state index in [1.165, 1.54) is 0 Å². The summed E-state index contributed by atoms with van der Waals surface area (Å²) in [5, 5.41) is 21.4. The Balaban J connectivity index is 1.43. The molecule has 1 saturated carbocycles. The van der Waals surface area contributed by atoms with Crippen LogP contribution in [0.3, 0.4) is 0 Å². The van der Waals surface area contributed by atoms with Crippen molar-refractivity contribution >= 4 is 52.6 Å².